The van der Waals surface area contributed by atoms with Crippen LogP contribution in [0.15, 0.2) is 0 Å². The highest BCUT2D eigenvalue weighted by atomic mass is 32.1. The maximum atomic E-state index is 11.2. The van der Waals surface area contributed by atoms with Gasteiger partial charge in [0.1, 0.15) is 0 Å². The second kappa shape index (κ2) is 5.80. The van der Waals surface area contributed by atoms with Crippen molar-refractivity contribution in [2.24, 2.45) is 0 Å². The second-order valence-electron chi connectivity index (χ2n) is 4.79. The van der Waals surface area contributed by atoms with Crippen LogP contribution in [0.1, 0.15) is 48.5 Å². The zero-order chi connectivity index (χ0) is 13.1. The smallest absolute Gasteiger partial charge is 0.186 e. The van der Waals surface area contributed by atoms with Crippen LogP contribution in [-0.4, -0.2) is 37.1 Å². The van der Waals surface area contributed by atoms with E-state index in [1.54, 1.807) is 0 Å². The third-order valence-corrected chi connectivity index (χ3v) is 4.50. The van der Waals surface area contributed by atoms with Gasteiger partial charge < -0.3 is 9.64 Å². The van der Waals surface area contributed by atoms with E-state index >= 15 is 0 Å². The highest BCUT2D eigenvalue weighted by molar-refractivity contribution is 7.17. The number of nitrogens with zero attached hydrogens (tertiary/aromatic N) is 2. The minimum atomic E-state index is 0.328. The molecule has 0 bridgehead atoms. The molecule has 1 aliphatic rings. The van der Waals surface area contributed by atoms with Crippen molar-refractivity contribution in [3.8, 4) is 0 Å². The SMILES string of the molecule is CCC(C)c1nc(N2CCOCC2C)sc1C=O. The molecule has 1 fully saturated rings. The summed E-state index contributed by atoms with van der Waals surface area (Å²) in [5, 5.41) is 0.961. The molecule has 2 heterocycles. The second-order valence-corrected chi connectivity index (χ2v) is 5.80. The normalized spacial score (nSPS) is 21.9. The summed E-state index contributed by atoms with van der Waals surface area (Å²) in [6.45, 7) is 8.69. The molecule has 0 aromatic carbocycles. The van der Waals surface area contributed by atoms with Crippen LogP contribution in [0.2, 0.25) is 0 Å². The summed E-state index contributed by atoms with van der Waals surface area (Å²) in [5.41, 5.74) is 0.950. The van der Waals surface area contributed by atoms with Crippen molar-refractivity contribution in [2.75, 3.05) is 24.7 Å². The van der Waals surface area contributed by atoms with E-state index in [2.05, 4.69) is 30.7 Å². The minimum Gasteiger partial charge on any atom is -0.377 e. The topological polar surface area (TPSA) is 42.4 Å². The summed E-state index contributed by atoms with van der Waals surface area (Å²) in [6.07, 6.45) is 1.94. The van der Waals surface area contributed by atoms with Crippen molar-refractivity contribution in [1.82, 2.24) is 4.98 Å². The van der Waals surface area contributed by atoms with Gasteiger partial charge in [0.25, 0.3) is 0 Å². The Kier molecular flexibility index (Phi) is 4.35. The van der Waals surface area contributed by atoms with Crippen molar-refractivity contribution in [1.29, 1.82) is 0 Å². The Morgan fingerprint density at radius 3 is 3.06 bits per heavy atom. The molecule has 100 valence electrons. The fourth-order valence-corrected chi connectivity index (χ4v) is 3.23. The molecule has 0 aliphatic carbocycles. The fourth-order valence-electron chi connectivity index (χ4n) is 2.10. The molecule has 2 rings (SSSR count). The van der Waals surface area contributed by atoms with Gasteiger partial charge in [0.05, 0.1) is 29.8 Å². The van der Waals surface area contributed by atoms with Gasteiger partial charge in [-0.25, -0.2) is 4.98 Å². The molecular formula is C13H20N2O2S. The first-order chi connectivity index (χ1) is 8.67. The van der Waals surface area contributed by atoms with Crippen LogP contribution < -0.4 is 4.90 Å². The zero-order valence-electron chi connectivity index (χ0n) is 11.2. The summed E-state index contributed by atoms with van der Waals surface area (Å²) in [7, 11) is 0. The van der Waals surface area contributed by atoms with Gasteiger partial charge in [-0.2, -0.15) is 0 Å². The van der Waals surface area contributed by atoms with Crippen molar-refractivity contribution >= 4 is 22.8 Å². The monoisotopic (exact) mass is 268 g/mol. The summed E-state index contributed by atoms with van der Waals surface area (Å²) >= 11 is 1.50. The predicted octanol–water partition coefficient (Wildman–Crippen LogP) is 2.69. The first kappa shape index (κ1) is 13.5. The van der Waals surface area contributed by atoms with Gasteiger partial charge in [0.15, 0.2) is 11.4 Å². The molecule has 1 aliphatic heterocycles. The van der Waals surface area contributed by atoms with Crippen LogP contribution in [0.5, 0.6) is 0 Å². The Balaban J connectivity index is 2.28. The van der Waals surface area contributed by atoms with Crippen molar-refractivity contribution in [3.63, 3.8) is 0 Å². The fraction of sp³-hybridized carbons (Fsp3) is 0.692. The zero-order valence-corrected chi connectivity index (χ0v) is 12.0. The number of aromatic nitrogens is 1. The van der Waals surface area contributed by atoms with Crippen LogP contribution in [0.4, 0.5) is 5.13 Å². The van der Waals surface area contributed by atoms with E-state index in [4.69, 9.17) is 4.74 Å². The van der Waals surface area contributed by atoms with Crippen LogP contribution in [-0.2, 0) is 4.74 Å². The number of anilines is 1. The third-order valence-electron chi connectivity index (χ3n) is 3.47. The molecule has 0 amide bonds. The van der Waals surface area contributed by atoms with Gasteiger partial charge in [0, 0.05) is 6.54 Å². The van der Waals surface area contributed by atoms with E-state index in [9.17, 15) is 4.79 Å². The molecule has 0 spiro atoms. The maximum Gasteiger partial charge on any atom is 0.186 e. The predicted molar refractivity (Wildman–Crippen MR) is 73.8 cm³/mol. The summed E-state index contributed by atoms with van der Waals surface area (Å²) < 4.78 is 5.43. The van der Waals surface area contributed by atoms with E-state index in [0.29, 0.717) is 12.0 Å². The van der Waals surface area contributed by atoms with E-state index < -0.39 is 0 Å². The highest BCUT2D eigenvalue weighted by Crippen LogP contribution is 2.32. The van der Waals surface area contributed by atoms with E-state index in [1.807, 2.05) is 0 Å². The van der Waals surface area contributed by atoms with Crippen molar-refractivity contribution in [3.05, 3.63) is 10.6 Å². The Hall–Kier alpha value is -0.940. The van der Waals surface area contributed by atoms with Crippen LogP contribution in [0, 0.1) is 0 Å². The molecule has 2 unspecified atom stereocenters. The molecular weight excluding hydrogens is 248 g/mol. The van der Waals surface area contributed by atoms with Gasteiger partial charge >= 0.3 is 0 Å². The highest BCUT2D eigenvalue weighted by Gasteiger charge is 2.24. The number of hydrogen-bond acceptors (Lipinski definition) is 5. The van der Waals surface area contributed by atoms with Crippen LogP contribution in [0.25, 0.3) is 0 Å². The third kappa shape index (κ3) is 2.57. The van der Waals surface area contributed by atoms with Crippen molar-refractivity contribution < 1.29 is 9.53 Å². The Morgan fingerprint density at radius 1 is 1.67 bits per heavy atom. The number of ether oxygens (including phenoxy) is 1. The van der Waals surface area contributed by atoms with E-state index in [1.165, 1.54) is 11.3 Å². The number of carbonyl (C=O) groups is 1. The largest absolute Gasteiger partial charge is 0.377 e. The van der Waals surface area contributed by atoms with Crippen molar-refractivity contribution in [2.45, 2.75) is 39.2 Å². The van der Waals surface area contributed by atoms with Gasteiger partial charge in [-0.05, 0) is 19.3 Å². The summed E-state index contributed by atoms with van der Waals surface area (Å²) in [4.78, 5) is 18.9. The van der Waals surface area contributed by atoms with E-state index in [-0.39, 0.29) is 0 Å². The van der Waals surface area contributed by atoms with Crippen LogP contribution in [0.3, 0.4) is 0 Å². The van der Waals surface area contributed by atoms with Gasteiger partial charge in [0.2, 0.25) is 0 Å². The maximum absolute atomic E-state index is 11.2. The molecule has 0 radical (unpaired) electrons. The summed E-state index contributed by atoms with van der Waals surface area (Å²) in [5.74, 6) is 0.339. The average molecular weight is 268 g/mol. The molecule has 1 aromatic heterocycles. The quantitative estimate of drug-likeness (QED) is 0.787. The molecule has 1 aromatic rings. The summed E-state index contributed by atoms with van der Waals surface area (Å²) in [6, 6.07) is 0.328. The molecule has 0 N–H and O–H groups in total. The molecule has 1 saturated heterocycles. The molecule has 18 heavy (non-hydrogen) atoms. The number of thiazole rings is 1. The van der Waals surface area contributed by atoms with Gasteiger partial charge in [-0.1, -0.05) is 25.2 Å². The molecule has 5 heteroatoms. The molecule has 4 nitrogen and oxygen atoms in total. The Bertz CT molecular complexity index is 419. The molecule has 0 saturated carbocycles. The first-order valence-corrected chi connectivity index (χ1v) is 7.29. The molecule has 2 atom stereocenters. The van der Waals surface area contributed by atoms with Gasteiger partial charge in [-0.15, -0.1) is 0 Å². The Morgan fingerprint density at radius 2 is 2.44 bits per heavy atom. The lowest BCUT2D eigenvalue weighted by Crippen LogP contribution is -2.43. The average Bonchev–Trinajstić information content (AvgIpc) is 2.82. The first-order valence-electron chi connectivity index (χ1n) is 6.47. The van der Waals surface area contributed by atoms with Gasteiger partial charge in [-0.3, -0.25) is 4.79 Å². The van der Waals surface area contributed by atoms with E-state index in [0.717, 1.165) is 48.2 Å². The lowest BCUT2D eigenvalue weighted by atomic mass is 10.0. The number of carbonyl (C=O) groups excluding carboxylic acids is 1. The number of aldehydes is 1. The standard InChI is InChI=1S/C13H20N2O2S/c1-4-9(2)12-11(7-16)18-13(14-12)15-5-6-17-8-10(15)3/h7,9-10H,4-6,8H2,1-3H3. The number of hydrogen-bond donors (Lipinski definition) is 0. The number of rotatable bonds is 4. The van der Waals surface area contributed by atoms with Crippen LogP contribution >= 0.6 is 11.3 Å². The Labute approximate surface area is 112 Å². The lowest BCUT2D eigenvalue weighted by Gasteiger charge is -2.32. The minimum absolute atomic E-state index is 0.328. The number of morpholine rings is 1. The lowest BCUT2D eigenvalue weighted by molar-refractivity contribution is 0.0989.